The highest BCUT2D eigenvalue weighted by molar-refractivity contribution is 6.32. The van der Waals surface area contributed by atoms with Crippen molar-refractivity contribution in [1.82, 2.24) is 35.3 Å². The van der Waals surface area contributed by atoms with E-state index in [1.165, 1.54) is 36.4 Å². The molecule has 64 heavy (non-hydrogen) atoms. The first-order chi connectivity index (χ1) is 30.2. The van der Waals surface area contributed by atoms with E-state index in [4.69, 9.17) is 21.1 Å². The van der Waals surface area contributed by atoms with Crippen LogP contribution < -0.4 is 10.6 Å². The zero-order chi connectivity index (χ0) is 46.2. The lowest BCUT2D eigenvalue weighted by atomic mass is 9.75. The van der Waals surface area contributed by atoms with Crippen LogP contribution in [0.15, 0.2) is 96.4 Å². The van der Waals surface area contributed by atoms with E-state index in [1.54, 1.807) is 51.1 Å². The standard InChI is InChI=1S/C43H38ClF7N8O5/c1-40(2,3)22-42(28-12-9-25(17-30(28)46)31-14-11-27(45)19-52-31)36(60)58(37(56-42)55-38(61)63-20-24-7-5-4-6-8-24)33(21-64-39(62)57-41(15-16-41)43(49,50)51)26-10-13-29(44)32(18-26)59-35(34(47)48)53-23-54-59/h4-14,17-19,23,33-34H,15-16,20-22H2,1-3H3,(H,57,62)(H,55,56,61)/t33-,42-/m1/s1. The molecule has 3 aromatic carbocycles. The average molecular weight is 915 g/mol. The minimum absolute atomic E-state index is 0.0508. The number of ether oxygens (including phenoxy) is 2. The van der Waals surface area contributed by atoms with Crippen LogP contribution in [0.1, 0.15) is 75.0 Å². The Morgan fingerprint density at radius 1 is 0.969 bits per heavy atom. The van der Waals surface area contributed by atoms with E-state index < -0.39 is 96.1 Å². The highest BCUT2D eigenvalue weighted by Crippen LogP contribution is 2.49. The van der Waals surface area contributed by atoms with Gasteiger partial charge in [-0.05, 0) is 66.1 Å². The average Bonchev–Trinajstić information content (AvgIpc) is 3.77. The third-order valence-electron chi connectivity index (χ3n) is 10.5. The molecule has 21 heteroatoms. The van der Waals surface area contributed by atoms with E-state index in [0.717, 1.165) is 34.2 Å². The Labute approximate surface area is 365 Å². The largest absolute Gasteiger partial charge is 0.447 e. The maximum absolute atomic E-state index is 16.8. The molecular weight excluding hydrogens is 877 g/mol. The molecule has 1 saturated heterocycles. The molecule has 2 aromatic heterocycles. The van der Waals surface area contributed by atoms with Gasteiger partial charge in [-0.3, -0.25) is 14.7 Å². The summed E-state index contributed by atoms with van der Waals surface area (Å²) in [5, 5.41) is 8.53. The van der Waals surface area contributed by atoms with Crippen molar-refractivity contribution in [2.24, 2.45) is 10.4 Å². The number of aromatic nitrogens is 4. The molecule has 3 amide bonds. The van der Waals surface area contributed by atoms with Crippen LogP contribution in [0.4, 0.5) is 40.3 Å². The molecule has 1 aliphatic carbocycles. The Morgan fingerprint density at radius 3 is 2.33 bits per heavy atom. The molecule has 2 atom stereocenters. The maximum Gasteiger partial charge on any atom is 0.437 e. The van der Waals surface area contributed by atoms with Crippen molar-refractivity contribution < 1.29 is 54.6 Å². The van der Waals surface area contributed by atoms with Gasteiger partial charge in [-0.25, -0.2) is 36.8 Å². The summed E-state index contributed by atoms with van der Waals surface area (Å²) in [6.45, 7) is 4.01. The summed E-state index contributed by atoms with van der Waals surface area (Å²) in [5.41, 5.74) is -5.05. The number of amides is 3. The molecule has 1 saturated carbocycles. The number of halogens is 8. The Hall–Kier alpha value is -6.57. The highest BCUT2D eigenvalue weighted by atomic mass is 35.5. The quantitative estimate of drug-likeness (QED) is 0.117. The Kier molecular flexibility index (Phi) is 12.5. The van der Waals surface area contributed by atoms with Gasteiger partial charge in [-0.1, -0.05) is 80.9 Å². The zero-order valence-electron chi connectivity index (χ0n) is 34.1. The van der Waals surface area contributed by atoms with Crippen molar-refractivity contribution in [3.05, 3.63) is 131 Å². The molecule has 0 radical (unpaired) electrons. The lowest BCUT2D eigenvalue weighted by molar-refractivity contribution is -0.164. The van der Waals surface area contributed by atoms with Crippen LogP contribution in [0.5, 0.6) is 0 Å². The minimum atomic E-state index is -4.83. The number of carbonyl (C=O) groups is 3. The molecular formula is C43H38ClF7N8O5. The number of aliphatic imine (C=N–C) groups is 1. The number of alkyl carbamates (subject to hydrolysis) is 1. The summed E-state index contributed by atoms with van der Waals surface area (Å²) < 4.78 is 112. The predicted octanol–water partition coefficient (Wildman–Crippen LogP) is 9.52. The lowest BCUT2D eigenvalue weighted by Gasteiger charge is -2.35. The summed E-state index contributed by atoms with van der Waals surface area (Å²) in [6, 6.07) is 16.8. The number of alkyl halides is 5. The van der Waals surface area contributed by atoms with Crippen molar-refractivity contribution in [3.63, 3.8) is 0 Å². The molecule has 3 heterocycles. The lowest BCUT2D eigenvalue weighted by Crippen LogP contribution is -2.49. The van der Waals surface area contributed by atoms with Gasteiger partial charge in [0.05, 0.1) is 28.6 Å². The molecule has 1 aliphatic heterocycles. The first-order valence-electron chi connectivity index (χ1n) is 19.5. The van der Waals surface area contributed by atoms with Crippen molar-refractivity contribution in [2.75, 3.05) is 6.61 Å². The van der Waals surface area contributed by atoms with Crippen LogP contribution in [0, 0.1) is 17.0 Å². The van der Waals surface area contributed by atoms with Gasteiger partial charge >= 0.3 is 18.4 Å². The second kappa shape index (κ2) is 17.5. The number of guanidine groups is 1. The van der Waals surface area contributed by atoms with Crippen LogP contribution in [0.3, 0.4) is 0 Å². The minimum Gasteiger partial charge on any atom is -0.447 e. The highest BCUT2D eigenvalue weighted by Gasteiger charge is 2.65. The molecule has 0 bridgehead atoms. The molecule has 5 aromatic rings. The monoisotopic (exact) mass is 914 g/mol. The van der Waals surface area contributed by atoms with E-state index >= 15 is 9.18 Å². The molecule has 2 N–H and O–H groups in total. The summed E-state index contributed by atoms with van der Waals surface area (Å²) in [6.07, 6.45) is -10.0. The number of nitrogens with zero attached hydrogens (tertiary/aromatic N) is 6. The Balaban J connectivity index is 1.38. The van der Waals surface area contributed by atoms with Crippen molar-refractivity contribution in [2.45, 2.75) is 76.4 Å². The topological polar surface area (TPSA) is 153 Å². The van der Waals surface area contributed by atoms with E-state index in [-0.39, 0.29) is 46.1 Å². The van der Waals surface area contributed by atoms with Gasteiger partial charge < -0.3 is 20.1 Å². The van der Waals surface area contributed by atoms with Gasteiger partial charge in [-0.2, -0.15) is 18.3 Å². The molecule has 7 rings (SSSR count). The number of nitrogens with one attached hydrogen (secondary N) is 2. The molecule has 2 aliphatic rings. The number of pyridine rings is 1. The van der Waals surface area contributed by atoms with Gasteiger partial charge in [0.2, 0.25) is 5.96 Å². The second-order valence-corrected chi connectivity index (χ2v) is 16.7. The third-order valence-corrected chi connectivity index (χ3v) is 10.8. The van der Waals surface area contributed by atoms with Crippen LogP contribution in [-0.2, 0) is 26.4 Å². The number of carbonyl (C=O) groups excluding carboxylic acids is 3. The van der Waals surface area contributed by atoms with Crippen LogP contribution in [0.2, 0.25) is 5.02 Å². The normalized spacial score (nSPS) is 18.2. The van der Waals surface area contributed by atoms with Crippen molar-refractivity contribution in [1.29, 1.82) is 0 Å². The fourth-order valence-electron chi connectivity index (χ4n) is 7.37. The SMILES string of the molecule is CC(C)(C)C[C@]1(c2ccc(-c3ccc(F)cn3)cc2F)NC(=NC(=O)OCc2ccccc2)N([C@H](COC(=O)NC2(C(F)(F)F)CC2)c2ccc(Cl)c(-n3ncnc3C(F)F)c2)C1=O. The molecule has 13 nitrogen and oxygen atoms in total. The number of benzene rings is 3. The smallest absolute Gasteiger partial charge is 0.437 e. The maximum atomic E-state index is 16.8. The molecule has 0 spiro atoms. The summed E-state index contributed by atoms with van der Waals surface area (Å²) in [7, 11) is 0. The molecule has 0 unspecified atom stereocenters. The first-order valence-corrected chi connectivity index (χ1v) is 19.9. The zero-order valence-corrected chi connectivity index (χ0v) is 34.9. The van der Waals surface area contributed by atoms with Gasteiger partial charge in [0.15, 0.2) is 5.82 Å². The Morgan fingerprint density at radius 2 is 1.70 bits per heavy atom. The number of hydrogen-bond donors (Lipinski definition) is 2. The first kappa shape index (κ1) is 45.5. The summed E-state index contributed by atoms with van der Waals surface area (Å²) in [4.78, 5) is 54.9. The van der Waals surface area contributed by atoms with Crippen molar-refractivity contribution >= 4 is 35.7 Å². The van der Waals surface area contributed by atoms with E-state index in [1.807, 2.05) is 5.32 Å². The number of hydrogen-bond acceptors (Lipinski definition) is 8. The summed E-state index contributed by atoms with van der Waals surface area (Å²) >= 11 is 6.49. The fraction of sp³-hybridized carbons (Fsp3) is 0.326. The van der Waals surface area contributed by atoms with Gasteiger partial charge in [0.1, 0.15) is 42.3 Å². The van der Waals surface area contributed by atoms with Crippen molar-refractivity contribution in [3.8, 4) is 16.9 Å². The second-order valence-electron chi connectivity index (χ2n) is 16.3. The van der Waals surface area contributed by atoms with Gasteiger partial charge in [0.25, 0.3) is 12.3 Å². The molecule has 336 valence electrons. The van der Waals surface area contributed by atoms with E-state index in [0.29, 0.717) is 5.56 Å². The van der Waals surface area contributed by atoms with Crippen LogP contribution >= 0.6 is 11.6 Å². The van der Waals surface area contributed by atoms with E-state index in [2.05, 4.69) is 25.4 Å². The predicted molar refractivity (Wildman–Crippen MR) is 216 cm³/mol. The van der Waals surface area contributed by atoms with E-state index in [9.17, 15) is 35.9 Å². The Bertz CT molecular complexity index is 2580. The van der Waals surface area contributed by atoms with Gasteiger partial charge in [0, 0.05) is 11.1 Å². The fourth-order valence-corrected chi connectivity index (χ4v) is 7.57. The summed E-state index contributed by atoms with van der Waals surface area (Å²) in [5.74, 6) is -3.96. The van der Waals surface area contributed by atoms with Crippen LogP contribution in [0.25, 0.3) is 16.9 Å². The third kappa shape index (κ3) is 9.51. The van der Waals surface area contributed by atoms with Gasteiger partial charge in [-0.15, -0.1) is 4.99 Å². The molecule has 2 fully saturated rings. The number of rotatable bonds is 12. The van der Waals surface area contributed by atoms with Crippen LogP contribution in [-0.4, -0.2) is 67.0 Å².